The number of nitrogens with zero attached hydrogens (tertiary/aromatic N) is 4. The summed E-state index contributed by atoms with van der Waals surface area (Å²) in [6.45, 7) is 7.03. The molecule has 19 heavy (non-hydrogen) atoms. The van der Waals surface area contributed by atoms with Crippen molar-refractivity contribution in [3.05, 3.63) is 33.9 Å². The summed E-state index contributed by atoms with van der Waals surface area (Å²) in [5.74, 6) is 0. The molecule has 0 fully saturated rings. The molecule has 1 unspecified atom stereocenters. The predicted molar refractivity (Wildman–Crippen MR) is 76.4 cm³/mol. The van der Waals surface area contributed by atoms with Gasteiger partial charge in [0.05, 0.1) is 28.6 Å². The van der Waals surface area contributed by atoms with Crippen molar-refractivity contribution >= 4 is 11.6 Å². The molecule has 0 aliphatic carbocycles. The number of aromatic nitrogens is 4. The molecule has 5 nitrogen and oxygen atoms in total. The lowest BCUT2D eigenvalue weighted by molar-refractivity contribution is 0.568. The number of rotatable bonds is 4. The van der Waals surface area contributed by atoms with Crippen molar-refractivity contribution in [2.75, 3.05) is 6.54 Å². The van der Waals surface area contributed by atoms with Crippen LogP contribution in [0.15, 0.2) is 6.20 Å². The molecule has 2 heterocycles. The van der Waals surface area contributed by atoms with Crippen LogP contribution >= 0.6 is 11.6 Å². The summed E-state index contributed by atoms with van der Waals surface area (Å²) in [5, 5.41) is 12.9. The Morgan fingerprint density at radius 2 is 2.00 bits per heavy atom. The fraction of sp³-hybridized carbons (Fsp3) is 0.538. The van der Waals surface area contributed by atoms with Crippen molar-refractivity contribution in [2.45, 2.75) is 26.8 Å². The maximum Gasteiger partial charge on any atom is 0.0837 e. The lowest BCUT2D eigenvalue weighted by Crippen LogP contribution is -2.25. The summed E-state index contributed by atoms with van der Waals surface area (Å²) in [6.07, 6.45) is 1.68. The van der Waals surface area contributed by atoms with Gasteiger partial charge in [-0.2, -0.15) is 10.2 Å². The lowest BCUT2D eigenvalue weighted by atomic mass is 10.0. The zero-order chi connectivity index (χ0) is 14.2. The van der Waals surface area contributed by atoms with E-state index >= 15 is 0 Å². The van der Waals surface area contributed by atoms with E-state index in [1.54, 1.807) is 6.20 Å². The zero-order valence-corrected chi connectivity index (χ0v) is 12.8. The second-order valence-electron chi connectivity index (χ2n) is 4.70. The van der Waals surface area contributed by atoms with Crippen molar-refractivity contribution in [3.8, 4) is 0 Å². The average molecular weight is 282 g/mol. The minimum atomic E-state index is 0.0127. The van der Waals surface area contributed by atoms with Gasteiger partial charge in [0.1, 0.15) is 0 Å². The summed E-state index contributed by atoms with van der Waals surface area (Å²) < 4.78 is 3.72. The Balaban J connectivity index is 2.58. The van der Waals surface area contributed by atoms with E-state index in [0.29, 0.717) is 5.02 Å². The fourth-order valence-electron chi connectivity index (χ4n) is 2.49. The highest BCUT2D eigenvalue weighted by atomic mass is 35.5. The normalized spacial score (nSPS) is 12.9. The van der Waals surface area contributed by atoms with Gasteiger partial charge in [-0.25, -0.2) is 0 Å². The largest absolute Gasteiger partial charge is 0.305 e. The first kappa shape index (κ1) is 14.1. The van der Waals surface area contributed by atoms with E-state index in [0.717, 1.165) is 23.6 Å². The van der Waals surface area contributed by atoms with E-state index in [-0.39, 0.29) is 6.04 Å². The maximum atomic E-state index is 6.29. The van der Waals surface area contributed by atoms with E-state index in [9.17, 15) is 0 Å². The monoisotopic (exact) mass is 281 g/mol. The molecule has 2 aromatic heterocycles. The smallest absolute Gasteiger partial charge is 0.0837 e. The first-order valence-corrected chi connectivity index (χ1v) is 6.76. The second kappa shape index (κ2) is 5.35. The van der Waals surface area contributed by atoms with E-state index in [2.05, 4.69) is 29.4 Å². The van der Waals surface area contributed by atoms with Gasteiger partial charge < -0.3 is 5.32 Å². The van der Waals surface area contributed by atoms with Crippen LogP contribution in [0, 0.1) is 13.8 Å². The van der Waals surface area contributed by atoms with Gasteiger partial charge in [-0.05, 0) is 20.4 Å². The Kier molecular flexibility index (Phi) is 3.96. The van der Waals surface area contributed by atoms with Gasteiger partial charge >= 0.3 is 0 Å². The third kappa shape index (κ3) is 2.40. The van der Waals surface area contributed by atoms with Crippen LogP contribution in [0.3, 0.4) is 0 Å². The van der Waals surface area contributed by atoms with Crippen LogP contribution in [-0.2, 0) is 14.1 Å². The van der Waals surface area contributed by atoms with Crippen LogP contribution in [0.5, 0.6) is 0 Å². The van der Waals surface area contributed by atoms with Gasteiger partial charge in [0, 0.05) is 25.4 Å². The van der Waals surface area contributed by atoms with Crippen LogP contribution in [0.25, 0.3) is 0 Å². The quantitative estimate of drug-likeness (QED) is 0.934. The predicted octanol–water partition coefficient (Wildman–Crippen LogP) is 2.12. The van der Waals surface area contributed by atoms with Crippen molar-refractivity contribution in [2.24, 2.45) is 14.1 Å². The molecule has 0 aliphatic rings. The summed E-state index contributed by atoms with van der Waals surface area (Å²) in [4.78, 5) is 0. The number of aryl methyl sites for hydroxylation is 3. The molecule has 0 saturated carbocycles. The minimum Gasteiger partial charge on any atom is -0.305 e. The third-order valence-corrected chi connectivity index (χ3v) is 3.76. The minimum absolute atomic E-state index is 0.0127. The van der Waals surface area contributed by atoms with Crippen molar-refractivity contribution in [1.29, 1.82) is 0 Å². The van der Waals surface area contributed by atoms with Gasteiger partial charge in [-0.15, -0.1) is 0 Å². The highest BCUT2D eigenvalue weighted by Gasteiger charge is 2.25. The Morgan fingerprint density at radius 3 is 2.42 bits per heavy atom. The summed E-state index contributed by atoms with van der Waals surface area (Å²) >= 11 is 6.29. The molecule has 6 heteroatoms. The first-order valence-electron chi connectivity index (χ1n) is 6.38. The van der Waals surface area contributed by atoms with Crippen LogP contribution in [0.1, 0.15) is 35.6 Å². The molecule has 2 aromatic rings. The third-order valence-electron chi connectivity index (χ3n) is 3.47. The van der Waals surface area contributed by atoms with Crippen molar-refractivity contribution in [1.82, 2.24) is 24.9 Å². The molecule has 0 spiro atoms. The van der Waals surface area contributed by atoms with Crippen LogP contribution in [0.2, 0.25) is 5.02 Å². The van der Waals surface area contributed by atoms with E-state index in [1.807, 2.05) is 30.4 Å². The van der Waals surface area contributed by atoms with Gasteiger partial charge in [-0.3, -0.25) is 9.36 Å². The second-order valence-corrected chi connectivity index (χ2v) is 5.11. The number of nitrogens with one attached hydrogen (secondary N) is 1. The zero-order valence-electron chi connectivity index (χ0n) is 12.0. The van der Waals surface area contributed by atoms with Crippen molar-refractivity contribution in [3.63, 3.8) is 0 Å². The van der Waals surface area contributed by atoms with Crippen LogP contribution in [0.4, 0.5) is 0 Å². The molecule has 1 atom stereocenters. The number of hydrogen-bond donors (Lipinski definition) is 1. The van der Waals surface area contributed by atoms with E-state index in [4.69, 9.17) is 11.6 Å². The fourth-order valence-corrected chi connectivity index (χ4v) is 2.77. The summed E-state index contributed by atoms with van der Waals surface area (Å²) in [6, 6.07) is 0.0127. The molecule has 0 radical (unpaired) electrons. The number of hydrogen-bond acceptors (Lipinski definition) is 3. The molecule has 104 valence electrons. The molecule has 0 saturated heterocycles. The van der Waals surface area contributed by atoms with Gasteiger partial charge in [0.15, 0.2) is 0 Å². The molecular weight excluding hydrogens is 262 g/mol. The Hall–Kier alpha value is -1.33. The van der Waals surface area contributed by atoms with Crippen LogP contribution in [-0.4, -0.2) is 26.1 Å². The molecule has 0 aromatic carbocycles. The highest BCUT2D eigenvalue weighted by molar-refractivity contribution is 6.31. The SMILES string of the molecule is CCNC(c1c(C)nn(C)c1C)c1c(Cl)cnn1C. The Labute approximate surface area is 118 Å². The average Bonchev–Trinajstić information content (AvgIpc) is 2.79. The van der Waals surface area contributed by atoms with Gasteiger partial charge in [0.2, 0.25) is 0 Å². The topological polar surface area (TPSA) is 47.7 Å². The van der Waals surface area contributed by atoms with Gasteiger partial charge in [-0.1, -0.05) is 18.5 Å². The number of halogens is 1. The molecular formula is C13H20ClN5. The summed E-state index contributed by atoms with van der Waals surface area (Å²) in [5.41, 5.74) is 4.31. The molecule has 0 bridgehead atoms. The summed E-state index contributed by atoms with van der Waals surface area (Å²) in [7, 11) is 3.87. The van der Waals surface area contributed by atoms with Crippen LogP contribution < -0.4 is 5.32 Å². The van der Waals surface area contributed by atoms with Gasteiger partial charge in [0.25, 0.3) is 0 Å². The van der Waals surface area contributed by atoms with E-state index < -0.39 is 0 Å². The molecule has 0 aliphatic heterocycles. The maximum absolute atomic E-state index is 6.29. The molecule has 2 rings (SSSR count). The first-order chi connectivity index (χ1) is 8.97. The molecule has 1 N–H and O–H groups in total. The molecule has 0 amide bonds. The Bertz CT molecular complexity index is 565. The highest BCUT2D eigenvalue weighted by Crippen LogP contribution is 2.31. The Morgan fingerprint density at radius 1 is 1.32 bits per heavy atom. The van der Waals surface area contributed by atoms with E-state index in [1.165, 1.54) is 5.56 Å². The lowest BCUT2D eigenvalue weighted by Gasteiger charge is -2.19. The van der Waals surface area contributed by atoms with Crippen molar-refractivity contribution < 1.29 is 0 Å². The standard InChI is InChI=1S/C13H20ClN5/c1-6-15-12(13-10(14)7-16-19(13)5)11-8(2)17-18(4)9(11)3/h7,12,15H,6H2,1-5H3.